The fourth-order valence-corrected chi connectivity index (χ4v) is 3.22. The highest BCUT2D eigenvalue weighted by Gasteiger charge is 2.20. The average Bonchev–Trinajstić information content (AvgIpc) is 2.91. The molecule has 1 aliphatic rings. The number of fused-ring (bicyclic) bond motifs is 1. The van der Waals surface area contributed by atoms with Crippen LogP contribution < -0.4 is 5.32 Å². The van der Waals surface area contributed by atoms with Crippen LogP contribution in [-0.2, 0) is 4.79 Å². The number of carbonyl (C=O) groups is 1. The largest absolute Gasteiger partial charge is 0.323 e. The molecule has 1 atom stereocenters. The summed E-state index contributed by atoms with van der Waals surface area (Å²) in [5.74, 6) is 0.0271. The zero-order valence-electron chi connectivity index (χ0n) is 11.5. The lowest BCUT2D eigenvalue weighted by Gasteiger charge is -2.32. The van der Waals surface area contributed by atoms with Crippen LogP contribution in [0.25, 0.3) is 11.0 Å². The molecule has 1 saturated heterocycles. The predicted molar refractivity (Wildman–Crippen MR) is 80.9 cm³/mol. The van der Waals surface area contributed by atoms with Crippen LogP contribution in [0.1, 0.15) is 26.2 Å². The number of benzene rings is 1. The zero-order chi connectivity index (χ0) is 13.9. The molecule has 0 unspecified atom stereocenters. The number of likely N-dealkylation sites (tertiary alicyclic amines) is 1. The van der Waals surface area contributed by atoms with E-state index in [1.807, 2.05) is 18.2 Å². The molecule has 0 bridgehead atoms. The number of aromatic nitrogens is 2. The summed E-state index contributed by atoms with van der Waals surface area (Å²) in [6.45, 7) is 3.66. The second-order valence-corrected chi connectivity index (χ2v) is 5.83. The van der Waals surface area contributed by atoms with E-state index in [0.29, 0.717) is 12.6 Å². The number of piperidine rings is 1. The number of anilines is 1. The third-order valence-electron chi connectivity index (χ3n) is 3.85. The molecule has 3 rings (SSSR count). The van der Waals surface area contributed by atoms with E-state index >= 15 is 0 Å². The Hall–Kier alpha value is -1.53. The fourth-order valence-electron chi connectivity index (χ4n) is 2.67. The standard InChI is InChI=1S/C14H18N4OS/c1-10-5-2-3-8-18(10)9-13(19)15-11-6-4-7-12-14(11)17-20-16-12/h4,6-7,10H,2-3,5,8-9H2,1H3,(H,15,19)/t10-/m1/s1. The van der Waals surface area contributed by atoms with Gasteiger partial charge in [0.15, 0.2) is 0 Å². The minimum Gasteiger partial charge on any atom is -0.323 e. The van der Waals surface area contributed by atoms with Crippen molar-refractivity contribution in [3.8, 4) is 0 Å². The smallest absolute Gasteiger partial charge is 0.238 e. The second-order valence-electron chi connectivity index (χ2n) is 5.30. The molecule has 0 spiro atoms. The summed E-state index contributed by atoms with van der Waals surface area (Å²) in [6.07, 6.45) is 3.63. The SMILES string of the molecule is C[C@@H]1CCCCN1CC(=O)Nc1cccc2nsnc12. The van der Waals surface area contributed by atoms with Gasteiger partial charge in [-0.1, -0.05) is 12.5 Å². The lowest BCUT2D eigenvalue weighted by molar-refractivity contribution is -0.118. The van der Waals surface area contributed by atoms with Gasteiger partial charge in [-0.25, -0.2) is 0 Å². The molecule has 1 fully saturated rings. The lowest BCUT2D eigenvalue weighted by Crippen LogP contribution is -2.42. The Morgan fingerprint density at radius 1 is 1.45 bits per heavy atom. The van der Waals surface area contributed by atoms with E-state index in [-0.39, 0.29) is 5.91 Å². The third-order valence-corrected chi connectivity index (χ3v) is 4.39. The van der Waals surface area contributed by atoms with E-state index in [1.54, 1.807) is 0 Å². The van der Waals surface area contributed by atoms with Crippen molar-refractivity contribution in [2.75, 3.05) is 18.4 Å². The molecular weight excluding hydrogens is 272 g/mol. The average molecular weight is 290 g/mol. The maximum Gasteiger partial charge on any atom is 0.238 e. The number of amides is 1. The Kier molecular flexibility index (Phi) is 3.93. The van der Waals surface area contributed by atoms with E-state index in [2.05, 4.69) is 25.9 Å². The summed E-state index contributed by atoms with van der Waals surface area (Å²) >= 11 is 1.17. The van der Waals surface area contributed by atoms with Crippen LogP contribution in [0.3, 0.4) is 0 Å². The van der Waals surface area contributed by atoms with Crippen LogP contribution in [0.4, 0.5) is 5.69 Å². The Morgan fingerprint density at radius 2 is 2.35 bits per heavy atom. The molecule has 106 valence electrons. The van der Waals surface area contributed by atoms with Crippen LogP contribution in [0.2, 0.25) is 0 Å². The highest BCUT2D eigenvalue weighted by atomic mass is 32.1. The molecule has 0 saturated carbocycles. The molecule has 1 amide bonds. The van der Waals surface area contributed by atoms with Gasteiger partial charge in [0.05, 0.1) is 24.0 Å². The van der Waals surface area contributed by atoms with Gasteiger partial charge in [0.25, 0.3) is 0 Å². The number of hydrogen-bond donors (Lipinski definition) is 1. The van der Waals surface area contributed by atoms with Crippen molar-refractivity contribution in [2.24, 2.45) is 0 Å². The molecule has 1 aliphatic heterocycles. The van der Waals surface area contributed by atoms with E-state index < -0.39 is 0 Å². The minimum atomic E-state index is 0.0271. The van der Waals surface area contributed by atoms with E-state index in [1.165, 1.54) is 31.0 Å². The highest BCUT2D eigenvalue weighted by Crippen LogP contribution is 2.21. The normalized spacial score (nSPS) is 20.1. The first kappa shape index (κ1) is 13.5. The summed E-state index contributed by atoms with van der Waals surface area (Å²) in [6, 6.07) is 6.16. The molecule has 2 aromatic rings. The zero-order valence-corrected chi connectivity index (χ0v) is 12.3. The van der Waals surface area contributed by atoms with Crippen LogP contribution in [0.5, 0.6) is 0 Å². The molecule has 1 aromatic heterocycles. The van der Waals surface area contributed by atoms with Gasteiger partial charge in [0, 0.05) is 6.04 Å². The highest BCUT2D eigenvalue weighted by molar-refractivity contribution is 7.00. The van der Waals surface area contributed by atoms with Gasteiger partial charge >= 0.3 is 0 Å². The number of hydrogen-bond acceptors (Lipinski definition) is 5. The van der Waals surface area contributed by atoms with Gasteiger partial charge < -0.3 is 5.32 Å². The molecule has 0 radical (unpaired) electrons. The van der Waals surface area contributed by atoms with Gasteiger partial charge in [-0.05, 0) is 38.4 Å². The van der Waals surface area contributed by atoms with Crippen LogP contribution in [-0.4, -0.2) is 38.7 Å². The first-order valence-electron chi connectivity index (χ1n) is 6.99. The summed E-state index contributed by atoms with van der Waals surface area (Å²) in [4.78, 5) is 14.4. The summed E-state index contributed by atoms with van der Waals surface area (Å²) in [5, 5.41) is 2.96. The van der Waals surface area contributed by atoms with Gasteiger partial charge in [0.1, 0.15) is 11.0 Å². The number of nitrogens with one attached hydrogen (secondary N) is 1. The Labute approximate surface area is 122 Å². The predicted octanol–water partition coefficient (Wildman–Crippen LogP) is 2.50. The van der Waals surface area contributed by atoms with Crippen molar-refractivity contribution in [1.29, 1.82) is 0 Å². The molecule has 1 aromatic carbocycles. The van der Waals surface area contributed by atoms with Crippen molar-refractivity contribution >= 4 is 34.4 Å². The maximum absolute atomic E-state index is 12.2. The molecule has 1 N–H and O–H groups in total. The van der Waals surface area contributed by atoms with E-state index in [4.69, 9.17) is 0 Å². The minimum absolute atomic E-state index is 0.0271. The Balaban J connectivity index is 1.68. The van der Waals surface area contributed by atoms with Crippen molar-refractivity contribution < 1.29 is 4.79 Å². The molecule has 6 heteroatoms. The monoisotopic (exact) mass is 290 g/mol. The number of nitrogens with zero attached hydrogens (tertiary/aromatic N) is 3. The lowest BCUT2D eigenvalue weighted by atomic mass is 10.0. The van der Waals surface area contributed by atoms with Gasteiger partial charge in [-0.15, -0.1) is 0 Å². The maximum atomic E-state index is 12.2. The van der Waals surface area contributed by atoms with E-state index in [9.17, 15) is 4.79 Å². The first-order valence-corrected chi connectivity index (χ1v) is 7.72. The van der Waals surface area contributed by atoms with Crippen LogP contribution in [0.15, 0.2) is 18.2 Å². The fraction of sp³-hybridized carbons (Fsp3) is 0.500. The van der Waals surface area contributed by atoms with Crippen LogP contribution >= 0.6 is 11.7 Å². The van der Waals surface area contributed by atoms with Gasteiger partial charge in [-0.3, -0.25) is 9.69 Å². The molecule has 20 heavy (non-hydrogen) atoms. The summed E-state index contributed by atoms with van der Waals surface area (Å²) in [7, 11) is 0. The summed E-state index contributed by atoms with van der Waals surface area (Å²) < 4.78 is 8.42. The topological polar surface area (TPSA) is 58.1 Å². The van der Waals surface area contributed by atoms with Crippen molar-refractivity contribution in [1.82, 2.24) is 13.6 Å². The number of rotatable bonds is 3. The second kappa shape index (κ2) is 5.85. The van der Waals surface area contributed by atoms with Crippen molar-refractivity contribution in [2.45, 2.75) is 32.2 Å². The molecule has 5 nitrogen and oxygen atoms in total. The Bertz CT molecular complexity index is 612. The quantitative estimate of drug-likeness (QED) is 0.943. The van der Waals surface area contributed by atoms with E-state index in [0.717, 1.165) is 23.3 Å². The molecule has 2 heterocycles. The molecular formula is C14H18N4OS. The summed E-state index contributed by atoms with van der Waals surface area (Å²) in [5.41, 5.74) is 2.36. The van der Waals surface area contributed by atoms with Gasteiger partial charge in [-0.2, -0.15) is 8.75 Å². The molecule has 0 aliphatic carbocycles. The third kappa shape index (κ3) is 2.81. The van der Waals surface area contributed by atoms with Gasteiger partial charge in [0.2, 0.25) is 5.91 Å². The van der Waals surface area contributed by atoms with Crippen molar-refractivity contribution in [3.63, 3.8) is 0 Å². The first-order chi connectivity index (χ1) is 9.74. The van der Waals surface area contributed by atoms with Crippen LogP contribution in [0, 0.1) is 0 Å². The Morgan fingerprint density at radius 3 is 3.20 bits per heavy atom. The van der Waals surface area contributed by atoms with Crippen molar-refractivity contribution in [3.05, 3.63) is 18.2 Å². The number of carbonyl (C=O) groups excluding carboxylic acids is 1.